The van der Waals surface area contributed by atoms with Crippen LogP contribution < -0.4 is 9.80 Å². The zero-order valence-electron chi connectivity index (χ0n) is 16.0. The summed E-state index contributed by atoms with van der Waals surface area (Å²) in [5.41, 5.74) is 3.13. The van der Waals surface area contributed by atoms with Crippen molar-refractivity contribution >= 4 is 34.8 Å². The van der Waals surface area contributed by atoms with E-state index in [0.29, 0.717) is 30.3 Å². The summed E-state index contributed by atoms with van der Waals surface area (Å²) in [6.07, 6.45) is 0.252. The third-order valence-corrected chi connectivity index (χ3v) is 5.90. The number of nitrogens with zero attached hydrogens (tertiary/aromatic N) is 3. The van der Waals surface area contributed by atoms with E-state index in [1.54, 1.807) is 11.0 Å². The average Bonchev–Trinajstić information content (AvgIpc) is 3.09. The predicted molar refractivity (Wildman–Crippen MR) is 112 cm³/mol. The number of carbonyl (C=O) groups is 2. The Hall–Kier alpha value is -2.53. The number of anilines is 2. The van der Waals surface area contributed by atoms with Gasteiger partial charge < -0.3 is 14.7 Å². The summed E-state index contributed by atoms with van der Waals surface area (Å²) in [5.74, 6) is -0.258. The molecule has 2 saturated heterocycles. The van der Waals surface area contributed by atoms with Crippen molar-refractivity contribution in [3.05, 3.63) is 59.1 Å². The standard InChI is InChI=1S/C22H24ClN3O2/c1-16-5-4-6-18(13-16)24-9-11-25(12-10-24)22(28)17-14-21(27)26(15-17)20-8-3-2-7-19(20)23/h2-8,13,17H,9-12,14-15H2,1H3. The highest BCUT2D eigenvalue weighted by atomic mass is 35.5. The van der Waals surface area contributed by atoms with Crippen LogP contribution in [0.3, 0.4) is 0 Å². The molecule has 1 atom stereocenters. The zero-order valence-corrected chi connectivity index (χ0v) is 16.7. The zero-order chi connectivity index (χ0) is 19.7. The molecule has 4 rings (SSSR count). The van der Waals surface area contributed by atoms with Gasteiger partial charge in [0.15, 0.2) is 0 Å². The number of piperazine rings is 1. The molecule has 146 valence electrons. The first kappa shape index (κ1) is 18.8. The smallest absolute Gasteiger partial charge is 0.228 e. The van der Waals surface area contributed by atoms with Crippen LogP contribution >= 0.6 is 11.6 Å². The summed E-state index contributed by atoms with van der Waals surface area (Å²) in [4.78, 5) is 31.3. The molecular formula is C22H24ClN3O2. The Morgan fingerprint density at radius 2 is 1.79 bits per heavy atom. The summed E-state index contributed by atoms with van der Waals surface area (Å²) < 4.78 is 0. The van der Waals surface area contributed by atoms with Crippen LogP contribution in [-0.2, 0) is 9.59 Å². The number of carbonyl (C=O) groups excluding carboxylic acids is 2. The maximum atomic E-state index is 13.0. The maximum absolute atomic E-state index is 13.0. The normalized spacial score (nSPS) is 20.0. The summed E-state index contributed by atoms with van der Waals surface area (Å²) in [5, 5.41) is 0.538. The van der Waals surface area contributed by atoms with Gasteiger partial charge in [0, 0.05) is 44.8 Å². The van der Waals surface area contributed by atoms with Crippen LogP contribution in [0.15, 0.2) is 48.5 Å². The minimum atomic E-state index is -0.297. The molecule has 0 N–H and O–H groups in total. The van der Waals surface area contributed by atoms with Gasteiger partial charge in [-0.3, -0.25) is 9.59 Å². The van der Waals surface area contributed by atoms with Gasteiger partial charge in [-0.15, -0.1) is 0 Å². The lowest BCUT2D eigenvalue weighted by atomic mass is 10.1. The molecule has 1 unspecified atom stereocenters. The van der Waals surface area contributed by atoms with Crippen LogP contribution in [0.25, 0.3) is 0 Å². The van der Waals surface area contributed by atoms with Gasteiger partial charge in [0.2, 0.25) is 11.8 Å². The number of aryl methyl sites for hydroxylation is 1. The second-order valence-corrected chi connectivity index (χ2v) is 7.92. The molecule has 5 nitrogen and oxygen atoms in total. The lowest BCUT2D eigenvalue weighted by molar-refractivity contribution is -0.136. The second kappa shape index (κ2) is 7.84. The fourth-order valence-electron chi connectivity index (χ4n) is 4.04. The van der Waals surface area contributed by atoms with Crippen LogP contribution in [-0.4, -0.2) is 49.4 Å². The van der Waals surface area contributed by atoms with Crippen molar-refractivity contribution in [2.45, 2.75) is 13.3 Å². The van der Waals surface area contributed by atoms with Gasteiger partial charge in [0.1, 0.15) is 0 Å². The fourth-order valence-corrected chi connectivity index (χ4v) is 4.28. The summed E-state index contributed by atoms with van der Waals surface area (Å²) in [6.45, 7) is 5.48. The molecule has 2 aliphatic rings. The van der Waals surface area contributed by atoms with Crippen molar-refractivity contribution in [2.24, 2.45) is 5.92 Å². The quantitative estimate of drug-likeness (QED) is 0.797. The number of amides is 2. The van der Waals surface area contributed by atoms with Gasteiger partial charge in [0.25, 0.3) is 0 Å². The molecule has 28 heavy (non-hydrogen) atoms. The van der Waals surface area contributed by atoms with Crippen molar-refractivity contribution in [1.29, 1.82) is 0 Å². The fraction of sp³-hybridized carbons (Fsp3) is 0.364. The minimum Gasteiger partial charge on any atom is -0.368 e. The van der Waals surface area contributed by atoms with Crippen molar-refractivity contribution in [3.8, 4) is 0 Å². The maximum Gasteiger partial charge on any atom is 0.228 e. The molecule has 0 saturated carbocycles. The Balaban J connectivity index is 1.38. The van der Waals surface area contributed by atoms with Crippen molar-refractivity contribution in [2.75, 3.05) is 42.5 Å². The summed E-state index contributed by atoms with van der Waals surface area (Å²) in [7, 11) is 0. The molecular weight excluding hydrogens is 374 g/mol. The lowest BCUT2D eigenvalue weighted by Gasteiger charge is -2.37. The van der Waals surface area contributed by atoms with Crippen LogP contribution in [0.5, 0.6) is 0 Å². The van der Waals surface area contributed by atoms with Crippen molar-refractivity contribution in [1.82, 2.24) is 4.90 Å². The third-order valence-electron chi connectivity index (χ3n) is 5.58. The number of rotatable bonds is 3. The Morgan fingerprint density at radius 1 is 1.04 bits per heavy atom. The van der Waals surface area contributed by atoms with E-state index in [1.165, 1.54) is 11.3 Å². The first-order valence-corrected chi connectivity index (χ1v) is 10.1. The van der Waals surface area contributed by atoms with E-state index in [0.717, 1.165) is 13.1 Å². The number of hydrogen-bond acceptors (Lipinski definition) is 3. The first-order valence-electron chi connectivity index (χ1n) is 9.68. The van der Waals surface area contributed by atoms with Gasteiger partial charge >= 0.3 is 0 Å². The van der Waals surface area contributed by atoms with Crippen LogP contribution in [0.2, 0.25) is 5.02 Å². The highest BCUT2D eigenvalue weighted by molar-refractivity contribution is 6.33. The van der Waals surface area contributed by atoms with Gasteiger partial charge in [0.05, 0.1) is 16.6 Å². The molecule has 2 amide bonds. The predicted octanol–water partition coefficient (Wildman–Crippen LogP) is 3.35. The van der Waals surface area contributed by atoms with E-state index < -0.39 is 0 Å². The number of hydrogen-bond donors (Lipinski definition) is 0. The Labute approximate surface area is 170 Å². The molecule has 2 heterocycles. The molecule has 2 aromatic carbocycles. The molecule has 6 heteroatoms. The largest absolute Gasteiger partial charge is 0.368 e. The number of benzene rings is 2. The second-order valence-electron chi connectivity index (χ2n) is 7.51. The van der Waals surface area contributed by atoms with Crippen LogP contribution in [0, 0.1) is 12.8 Å². The highest BCUT2D eigenvalue weighted by Gasteiger charge is 2.38. The topological polar surface area (TPSA) is 43.9 Å². The average molecular weight is 398 g/mol. The number of halogens is 1. The molecule has 0 aromatic heterocycles. The van der Waals surface area contributed by atoms with Gasteiger partial charge in [-0.05, 0) is 36.8 Å². The van der Waals surface area contributed by atoms with E-state index in [2.05, 4.69) is 36.1 Å². The molecule has 0 spiro atoms. The summed E-state index contributed by atoms with van der Waals surface area (Å²) in [6, 6.07) is 15.7. The monoisotopic (exact) mass is 397 g/mol. The minimum absolute atomic E-state index is 0.0372. The molecule has 2 fully saturated rings. The van der Waals surface area contributed by atoms with E-state index in [-0.39, 0.29) is 24.2 Å². The molecule has 2 aromatic rings. The van der Waals surface area contributed by atoms with Crippen molar-refractivity contribution < 1.29 is 9.59 Å². The van der Waals surface area contributed by atoms with E-state index in [4.69, 9.17) is 11.6 Å². The Bertz CT molecular complexity index is 893. The van der Waals surface area contributed by atoms with E-state index >= 15 is 0 Å². The van der Waals surface area contributed by atoms with Gasteiger partial charge in [-0.2, -0.15) is 0 Å². The van der Waals surface area contributed by atoms with Gasteiger partial charge in [-0.1, -0.05) is 35.9 Å². The first-order chi connectivity index (χ1) is 13.5. The molecule has 2 aliphatic heterocycles. The molecule has 0 bridgehead atoms. The summed E-state index contributed by atoms with van der Waals surface area (Å²) >= 11 is 6.24. The van der Waals surface area contributed by atoms with Crippen molar-refractivity contribution in [3.63, 3.8) is 0 Å². The molecule has 0 radical (unpaired) electrons. The van der Waals surface area contributed by atoms with Crippen LogP contribution in [0.1, 0.15) is 12.0 Å². The molecule has 0 aliphatic carbocycles. The van der Waals surface area contributed by atoms with Crippen LogP contribution in [0.4, 0.5) is 11.4 Å². The Kier molecular flexibility index (Phi) is 5.27. The Morgan fingerprint density at radius 3 is 2.50 bits per heavy atom. The van der Waals surface area contributed by atoms with Gasteiger partial charge in [-0.25, -0.2) is 0 Å². The highest BCUT2D eigenvalue weighted by Crippen LogP contribution is 2.32. The van der Waals surface area contributed by atoms with E-state index in [1.807, 2.05) is 23.1 Å². The lowest BCUT2D eigenvalue weighted by Crippen LogP contribution is -2.50. The van der Waals surface area contributed by atoms with E-state index in [9.17, 15) is 9.59 Å². The third kappa shape index (κ3) is 3.72. The SMILES string of the molecule is Cc1cccc(N2CCN(C(=O)C3CC(=O)N(c4ccccc4Cl)C3)CC2)c1. The number of para-hydroxylation sites is 1.